The fourth-order valence-electron chi connectivity index (χ4n) is 1.73. The van der Waals surface area contributed by atoms with Crippen LogP contribution in [0.4, 0.5) is 0 Å². The topological polar surface area (TPSA) is 49.8 Å². The van der Waals surface area contributed by atoms with Crippen LogP contribution in [0.3, 0.4) is 0 Å². The van der Waals surface area contributed by atoms with E-state index in [-0.39, 0.29) is 5.91 Å². The minimum absolute atomic E-state index is 0.278. The maximum absolute atomic E-state index is 11.8. The molecule has 0 spiro atoms. The molecular formula is C14H20BrNO3. The highest BCUT2D eigenvalue weighted by Gasteiger charge is 2.26. The van der Waals surface area contributed by atoms with Crippen LogP contribution in [-0.4, -0.2) is 42.2 Å². The van der Waals surface area contributed by atoms with Gasteiger partial charge in [0.15, 0.2) is 0 Å². The van der Waals surface area contributed by atoms with Gasteiger partial charge in [0.2, 0.25) is 0 Å². The van der Waals surface area contributed by atoms with E-state index in [1.807, 2.05) is 18.2 Å². The van der Waals surface area contributed by atoms with Crippen LogP contribution in [0.25, 0.3) is 0 Å². The van der Waals surface area contributed by atoms with Crippen molar-refractivity contribution in [1.82, 2.24) is 4.90 Å². The highest BCUT2D eigenvalue weighted by atomic mass is 79.9. The van der Waals surface area contributed by atoms with Crippen molar-refractivity contribution in [2.24, 2.45) is 0 Å². The molecule has 0 saturated carbocycles. The van der Waals surface area contributed by atoms with Gasteiger partial charge in [-0.25, -0.2) is 0 Å². The van der Waals surface area contributed by atoms with Crippen LogP contribution in [0, 0.1) is 0 Å². The van der Waals surface area contributed by atoms with E-state index in [9.17, 15) is 9.90 Å². The molecule has 0 aliphatic rings. The zero-order chi connectivity index (χ0) is 14.6. The molecule has 0 fully saturated rings. The second kappa shape index (κ2) is 6.39. The van der Waals surface area contributed by atoms with Crippen molar-refractivity contribution in [3.63, 3.8) is 0 Å². The van der Waals surface area contributed by atoms with Crippen LogP contribution in [0.2, 0.25) is 0 Å². The standard InChI is InChI=1S/C14H20BrNO3/c1-14(2,18)13(17)16(3)8-7-10-5-6-12(19-4)11(15)9-10/h5-6,9,18H,7-8H2,1-4H3. The maximum Gasteiger partial charge on any atom is 0.253 e. The summed E-state index contributed by atoms with van der Waals surface area (Å²) >= 11 is 3.43. The Balaban J connectivity index is 2.62. The Bertz CT molecular complexity index is 454. The average Bonchev–Trinajstić information content (AvgIpc) is 2.34. The van der Waals surface area contributed by atoms with E-state index in [4.69, 9.17) is 4.74 Å². The summed E-state index contributed by atoms with van der Waals surface area (Å²) in [5.74, 6) is 0.504. The van der Waals surface area contributed by atoms with Crippen molar-refractivity contribution in [2.45, 2.75) is 25.9 Å². The zero-order valence-corrected chi connectivity index (χ0v) is 13.3. The van der Waals surface area contributed by atoms with E-state index in [1.165, 1.54) is 18.7 Å². The Hall–Kier alpha value is -1.07. The van der Waals surface area contributed by atoms with Crippen molar-refractivity contribution in [3.8, 4) is 5.75 Å². The molecule has 1 rings (SSSR count). The van der Waals surface area contributed by atoms with Gasteiger partial charge in [0.05, 0.1) is 11.6 Å². The fraction of sp³-hybridized carbons (Fsp3) is 0.500. The quantitative estimate of drug-likeness (QED) is 0.901. The van der Waals surface area contributed by atoms with Gasteiger partial charge in [-0.2, -0.15) is 0 Å². The molecule has 0 unspecified atom stereocenters. The minimum atomic E-state index is -1.32. The second-order valence-corrected chi connectivity index (χ2v) is 5.86. The monoisotopic (exact) mass is 329 g/mol. The van der Waals surface area contributed by atoms with E-state index < -0.39 is 5.60 Å². The van der Waals surface area contributed by atoms with Gasteiger partial charge in [0.1, 0.15) is 11.4 Å². The number of nitrogens with zero attached hydrogens (tertiary/aromatic N) is 1. The molecule has 0 bridgehead atoms. The number of benzene rings is 1. The van der Waals surface area contributed by atoms with Crippen LogP contribution in [0.1, 0.15) is 19.4 Å². The summed E-state index contributed by atoms with van der Waals surface area (Å²) in [4.78, 5) is 13.3. The molecule has 0 heterocycles. The van der Waals surface area contributed by atoms with Crippen LogP contribution >= 0.6 is 15.9 Å². The number of halogens is 1. The fourth-order valence-corrected chi connectivity index (χ4v) is 2.32. The average molecular weight is 330 g/mol. The molecule has 0 aliphatic carbocycles. The lowest BCUT2D eigenvalue weighted by atomic mass is 10.1. The van der Waals surface area contributed by atoms with Crippen molar-refractivity contribution in [2.75, 3.05) is 20.7 Å². The van der Waals surface area contributed by atoms with E-state index >= 15 is 0 Å². The summed E-state index contributed by atoms with van der Waals surface area (Å²) in [6.45, 7) is 3.55. The molecule has 0 atom stereocenters. The molecular weight excluding hydrogens is 310 g/mol. The number of rotatable bonds is 5. The molecule has 1 N–H and O–H groups in total. The molecule has 0 saturated heterocycles. The summed E-state index contributed by atoms with van der Waals surface area (Å²) in [7, 11) is 3.31. The van der Waals surface area contributed by atoms with E-state index in [0.29, 0.717) is 6.54 Å². The van der Waals surface area contributed by atoms with Gasteiger partial charge >= 0.3 is 0 Å². The lowest BCUT2D eigenvalue weighted by molar-refractivity contribution is -0.146. The molecule has 0 aromatic heterocycles. The Morgan fingerprint density at radius 2 is 2.11 bits per heavy atom. The van der Waals surface area contributed by atoms with Crippen molar-refractivity contribution >= 4 is 21.8 Å². The Morgan fingerprint density at radius 1 is 1.47 bits per heavy atom. The number of hydrogen-bond acceptors (Lipinski definition) is 3. The summed E-state index contributed by atoms with van der Waals surface area (Å²) in [5.41, 5.74) is -0.224. The minimum Gasteiger partial charge on any atom is -0.496 e. The molecule has 106 valence electrons. The number of methoxy groups -OCH3 is 1. The molecule has 5 heteroatoms. The van der Waals surface area contributed by atoms with Crippen LogP contribution in [-0.2, 0) is 11.2 Å². The zero-order valence-electron chi connectivity index (χ0n) is 11.7. The molecule has 0 aliphatic heterocycles. The van der Waals surface area contributed by atoms with Gasteiger partial charge in [0, 0.05) is 13.6 Å². The first-order valence-corrected chi connectivity index (χ1v) is 6.85. The molecule has 1 aromatic rings. The van der Waals surface area contributed by atoms with Gasteiger partial charge in [-0.05, 0) is 53.9 Å². The van der Waals surface area contributed by atoms with Gasteiger partial charge < -0.3 is 14.7 Å². The lowest BCUT2D eigenvalue weighted by Gasteiger charge is -2.25. The van der Waals surface area contributed by atoms with Crippen molar-refractivity contribution in [3.05, 3.63) is 28.2 Å². The Morgan fingerprint density at radius 3 is 2.58 bits per heavy atom. The van der Waals surface area contributed by atoms with Crippen molar-refractivity contribution < 1.29 is 14.6 Å². The summed E-state index contributed by atoms with van der Waals surface area (Å²) in [6, 6.07) is 5.82. The van der Waals surface area contributed by atoms with Gasteiger partial charge in [-0.15, -0.1) is 0 Å². The van der Waals surface area contributed by atoms with Crippen molar-refractivity contribution in [1.29, 1.82) is 0 Å². The third kappa shape index (κ3) is 4.51. The highest BCUT2D eigenvalue weighted by molar-refractivity contribution is 9.10. The molecule has 1 aromatic carbocycles. The highest BCUT2D eigenvalue weighted by Crippen LogP contribution is 2.25. The lowest BCUT2D eigenvalue weighted by Crippen LogP contribution is -2.43. The predicted molar refractivity (Wildman–Crippen MR) is 78.3 cm³/mol. The SMILES string of the molecule is COc1ccc(CCN(C)C(=O)C(C)(C)O)cc1Br. The number of likely N-dealkylation sites (N-methyl/N-ethyl adjacent to an activating group) is 1. The number of amides is 1. The third-order valence-electron chi connectivity index (χ3n) is 2.82. The summed E-state index contributed by atoms with van der Waals surface area (Å²) in [6.07, 6.45) is 0.723. The third-order valence-corrected chi connectivity index (χ3v) is 3.44. The first kappa shape index (κ1) is 16.0. The number of hydrogen-bond donors (Lipinski definition) is 1. The summed E-state index contributed by atoms with van der Waals surface area (Å²) in [5, 5.41) is 9.65. The first-order chi connectivity index (χ1) is 8.75. The smallest absolute Gasteiger partial charge is 0.253 e. The van der Waals surface area contributed by atoms with E-state index in [2.05, 4.69) is 15.9 Å². The molecule has 19 heavy (non-hydrogen) atoms. The molecule has 0 radical (unpaired) electrons. The predicted octanol–water partition coefficient (Wildman–Crippen LogP) is 2.23. The largest absolute Gasteiger partial charge is 0.496 e. The maximum atomic E-state index is 11.8. The van der Waals surface area contributed by atoms with Gasteiger partial charge in [-0.3, -0.25) is 4.79 Å². The van der Waals surface area contributed by atoms with Gasteiger partial charge in [-0.1, -0.05) is 6.07 Å². The Labute approximate surface area is 122 Å². The van der Waals surface area contributed by atoms with E-state index in [0.717, 1.165) is 22.2 Å². The van der Waals surface area contributed by atoms with Crippen LogP contribution < -0.4 is 4.74 Å². The van der Waals surface area contributed by atoms with Crippen LogP contribution in [0.15, 0.2) is 22.7 Å². The molecule has 4 nitrogen and oxygen atoms in total. The second-order valence-electron chi connectivity index (χ2n) is 5.00. The molecule has 1 amide bonds. The normalized spacial score (nSPS) is 11.3. The van der Waals surface area contributed by atoms with Crippen LogP contribution in [0.5, 0.6) is 5.75 Å². The number of carbonyl (C=O) groups is 1. The number of aliphatic hydroxyl groups is 1. The first-order valence-electron chi connectivity index (χ1n) is 6.06. The van der Waals surface area contributed by atoms with Gasteiger partial charge in [0.25, 0.3) is 5.91 Å². The Kier molecular flexibility index (Phi) is 5.38. The summed E-state index contributed by atoms with van der Waals surface area (Å²) < 4.78 is 6.06. The van der Waals surface area contributed by atoms with E-state index in [1.54, 1.807) is 14.2 Å². The number of ether oxygens (including phenoxy) is 1. The number of carbonyl (C=O) groups excluding carboxylic acids is 1.